The van der Waals surface area contributed by atoms with Gasteiger partial charge in [-0.3, -0.25) is 9.78 Å². The average Bonchev–Trinajstić information content (AvgIpc) is 2.70. The number of hydrogen-bond acceptors (Lipinski definition) is 6. The average molecular weight is 351 g/mol. The maximum atomic E-state index is 12.0. The van der Waals surface area contributed by atoms with Gasteiger partial charge in [-0.05, 0) is 35.9 Å². The number of nitrogens with one attached hydrogen (secondary N) is 1. The summed E-state index contributed by atoms with van der Waals surface area (Å²) in [4.78, 5) is 27.6. The van der Waals surface area contributed by atoms with E-state index in [1.807, 2.05) is 6.07 Å². The van der Waals surface area contributed by atoms with E-state index in [0.717, 1.165) is 0 Å². The van der Waals surface area contributed by atoms with Crippen molar-refractivity contribution in [1.82, 2.24) is 10.3 Å². The van der Waals surface area contributed by atoms with E-state index in [9.17, 15) is 9.59 Å². The van der Waals surface area contributed by atoms with E-state index in [2.05, 4.69) is 10.3 Å². The minimum atomic E-state index is -0.751. The molecule has 0 saturated carbocycles. The number of carbonyl (C=O) groups excluding carboxylic acids is 2. The summed E-state index contributed by atoms with van der Waals surface area (Å²) in [5.41, 5.74) is 0.953. The molecule has 0 spiro atoms. The van der Waals surface area contributed by atoms with Crippen LogP contribution in [-0.4, -0.2) is 37.1 Å². The summed E-state index contributed by atoms with van der Waals surface area (Å²) in [6.45, 7) is 0.0766. The lowest BCUT2D eigenvalue weighted by Gasteiger charge is -2.06. The Morgan fingerprint density at radius 1 is 1.27 bits per heavy atom. The van der Waals surface area contributed by atoms with Crippen molar-refractivity contribution in [3.63, 3.8) is 0 Å². The minimum Gasteiger partial charge on any atom is -0.497 e. The molecule has 0 atom stereocenters. The summed E-state index contributed by atoms with van der Waals surface area (Å²) < 4.78 is 10.1. The second-order valence-electron chi connectivity index (χ2n) is 5.08. The summed E-state index contributed by atoms with van der Waals surface area (Å²) in [6, 6.07) is 12.0. The molecule has 2 aromatic rings. The third kappa shape index (κ3) is 5.46. The van der Waals surface area contributed by atoms with Crippen molar-refractivity contribution in [1.29, 1.82) is 5.26 Å². The fraction of sp³-hybridized carbons (Fsp3) is 0.158. The van der Waals surface area contributed by atoms with Gasteiger partial charge in [-0.25, -0.2) is 4.79 Å². The van der Waals surface area contributed by atoms with E-state index in [4.69, 9.17) is 14.7 Å². The third-order valence-corrected chi connectivity index (χ3v) is 3.31. The molecule has 0 bridgehead atoms. The maximum absolute atomic E-state index is 12.0. The van der Waals surface area contributed by atoms with Gasteiger partial charge >= 0.3 is 5.97 Å². The van der Waals surface area contributed by atoms with Crippen LogP contribution >= 0.6 is 0 Å². The number of nitrogens with zero attached hydrogens (tertiary/aromatic N) is 2. The maximum Gasteiger partial charge on any atom is 0.348 e. The molecule has 0 aliphatic rings. The Labute approximate surface area is 150 Å². The number of aromatic nitrogens is 1. The van der Waals surface area contributed by atoms with Crippen LogP contribution in [0.2, 0.25) is 0 Å². The zero-order valence-electron chi connectivity index (χ0n) is 14.1. The van der Waals surface area contributed by atoms with Gasteiger partial charge in [-0.2, -0.15) is 5.26 Å². The van der Waals surface area contributed by atoms with Gasteiger partial charge in [0.15, 0.2) is 0 Å². The number of hydrogen-bond donors (Lipinski definition) is 1. The number of ether oxygens (including phenoxy) is 2. The molecule has 1 aromatic heterocycles. The van der Waals surface area contributed by atoms with Crippen LogP contribution in [0.3, 0.4) is 0 Å². The largest absolute Gasteiger partial charge is 0.497 e. The normalized spacial score (nSPS) is 10.5. The predicted molar refractivity (Wildman–Crippen MR) is 94.1 cm³/mol. The number of carbonyl (C=O) groups is 2. The number of pyridine rings is 1. The van der Waals surface area contributed by atoms with Crippen molar-refractivity contribution in [2.75, 3.05) is 20.3 Å². The highest BCUT2D eigenvalue weighted by Gasteiger charge is 2.11. The predicted octanol–water partition coefficient (Wildman–Crippen LogP) is 1.97. The number of methoxy groups -OCH3 is 1. The zero-order chi connectivity index (χ0) is 18.8. The molecule has 7 heteroatoms. The molecule has 2 rings (SSSR count). The Morgan fingerprint density at radius 3 is 2.65 bits per heavy atom. The lowest BCUT2D eigenvalue weighted by molar-refractivity contribution is -0.138. The highest BCUT2D eigenvalue weighted by atomic mass is 16.5. The number of esters is 1. The van der Waals surface area contributed by atoms with Gasteiger partial charge in [0.1, 0.15) is 24.0 Å². The number of nitriles is 1. The van der Waals surface area contributed by atoms with Crippen LogP contribution in [0.1, 0.15) is 15.9 Å². The smallest absolute Gasteiger partial charge is 0.348 e. The molecule has 7 nitrogen and oxygen atoms in total. The van der Waals surface area contributed by atoms with Gasteiger partial charge in [0.05, 0.1) is 19.2 Å². The number of amides is 1. The van der Waals surface area contributed by atoms with Crippen molar-refractivity contribution in [3.8, 4) is 11.8 Å². The Kier molecular flexibility index (Phi) is 6.89. The van der Waals surface area contributed by atoms with Gasteiger partial charge in [0.25, 0.3) is 5.91 Å². The van der Waals surface area contributed by atoms with E-state index in [0.29, 0.717) is 16.9 Å². The molecular formula is C19H17N3O4. The van der Waals surface area contributed by atoms with Crippen molar-refractivity contribution in [2.24, 2.45) is 0 Å². The SMILES string of the molecule is COc1ccc(/C=C(\C#N)C(=O)OCCNC(=O)c2cccnc2)cc1. The first-order chi connectivity index (χ1) is 12.6. The number of benzene rings is 1. The fourth-order valence-corrected chi connectivity index (χ4v) is 1.99. The van der Waals surface area contributed by atoms with Gasteiger partial charge in [-0.15, -0.1) is 0 Å². The standard InChI is InChI=1S/C19H17N3O4/c1-25-17-6-4-14(5-7-17)11-16(12-20)19(24)26-10-9-22-18(23)15-3-2-8-21-13-15/h2-8,11,13H,9-10H2,1H3,(H,22,23)/b16-11+. The fourth-order valence-electron chi connectivity index (χ4n) is 1.99. The molecule has 1 aromatic carbocycles. The molecule has 1 amide bonds. The van der Waals surface area contributed by atoms with Crippen LogP contribution < -0.4 is 10.1 Å². The quantitative estimate of drug-likeness (QED) is 0.354. The topological polar surface area (TPSA) is 101 Å². The molecular weight excluding hydrogens is 334 g/mol. The van der Waals surface area contributed by atoms with Crippen molar-refractivity contribution >= 4 is 18.0 Å². The van der Waals surface area contributed by atoms with Crippen LogP contribution in [0.5, 0.6) is 5.75 Å². The first-order valence-corrected chi connectivity index (χ1v) is 7.75. The second kappa shape index (κ2) is 9.59. The Morgan fingerprint density at radius 2 is 2.04 bits per heavy atom. The van der Waals surface area contributed by atoms with Crippen LogP contribution in [0.4, 0.5) is 0 Å². The van der Waals surface area contributed by atoms with Crippen LogP contribution in [0.25, 0.3) is 6.08 Å². The van der Waals surface area contributed by atoms with Crippen LogP contribution in [0.15, 0.2) is 54.4 Å². The van der Waals surface area contributed by atoms with Crippen LogP contribution in [-0.2, 0) is 9.53 Å². The van der Waals surface area contributed by atoms with E-state index in [-0.39, 0.29) is 24.6 Å². The molecule has 132 valence electrons. The lowest BCUT2D eigenvalue weighted by atomic mass is 10.1. The Bertz CT molecular complexity index is 824. The van der Waals surface area contributed by atoms with Gasteiger partial charge in [0, 0.05) is 12.4 Å². The van der Waals surface area contributed by atoms with Crippen LogP contribution in [0, 0.1) is 11.3 Å². The summed E-state index contributed by atoms with van der Waals surface area (Å²) in [7, 11) is 1.55. The molecule has 0 radical (unpaired) electrons. The van der Waals surface area contributed by atoms with E-state index >= 15 is 0 Å². The van der Waals surface area contributed by atoms with Gasteiger partial charge in [0.2, 0.25) is 0 Å². The van der Waals surface area contributed by atoms with Crippen molar-refractivity contribution in [2.45, 2.75) is 0 Å². The Balaban J connectivity index is 1.84. The molecule has 1 N–H and O–H groups in total. The highest BCUT2D eigenvalue weighted by Crippen LogP contribution is 2.14. The summed E-state index contributed by atoms with van der Waals surface area (Å²) >= 11 is 0. The zero-order valence-corrected chi connectivity index (χ0v) is 14.1. The first kappa shape index (κ1) is 18.7. The summed E-state index contributed by atoms with van der Waals surface area (Å²) in [5, 5.41) is 11.7. The second-order valence-corrected chi connectivity index (χ2v) is 5.08. The molecule has 0 saturated heterocycles. The lowest BCUT2D eigenvalue weighted by Crippen LogP contribution is -2.28. The molecule has 0 aliphatic carbocycles. The summed E-state index contributed by atoms with van der Waals surface area (Å²) in [5.74, 6) is -0.394. The molecule has 1 heterocycles. The van der Waals surface area contributed by atoms with Gasteiger partial charge in [-0.1, -0.05) is 12.1 Å². The van der Waals surface area contributed by atoms with Crippen molar-refractivity contribution in [3.05, 3.63) is 65.5 Å². The molecule has 0 unspecified atom stereocenters. The first-order valence-electron chi connectivity index (χ1n) is 7.75. The van der Waals surface area contributed by atoms with E-state index < -0.39 is 5.97 Å². The van der Waals surface area contributed by atoms with E-state index in [1.54, 1.807) is 49.7 Å². The Hall–Kier alpha value is -3.66. The van der Waals surface area contributed by atoms with Gasteiger partial charge < -0.3 is 14.8 Å². The third-order valence-electron chi connectivity index (χ3n) is 3.31. The molecule has 0 fully saturated rings. The summed E-state index contributed by atoms with van der Waals surface area (Å²) in [6.07, 6.45) is 4.43. The molecule has 26 heavy (non-hydrogen) atoms. The van der Waals surface area contributed by atoms with E-state index in [1.165, 1.54) is 12.3 Å². The molecule has 0 aliphatic heterocycles. The number of rotatable bonds is 7. The monoisotopic (exact) mass is 351 g/mol. The minimum absolute atomic E-state index is 0.0491. The van der Waals surface area contributed by atoms with Crippen molar-refractivity contribution < 1.29 is 19.1 Å². The highest BCUT2D eigenvalue weighted by molar-refractivity contribution is 5.98.